The maximum Gasteiger partial charge on any atom is 0.338 e. The minimum Gasteiger partial charge on any atom is -0.358 e. The van der Waals surface area contributed by atoms with Gasteiger partial charge < -0.3 is 10.6 Å². The zero-order valence-corrected chi connectivity index (χ0v) is 12.2. The van der Waals surface area contributed by atoms with Gasteiger partial charge in [-0.2, -0.15) is 8.78 Å². The van der Waals surface area contributed by atoms with Crippen molar-refractivity contribution in [2.24, 2.45) is 11.8 Å². The van der Waals surface area contributed by atoms with Crippen molar-refractivity contribution in [2.75, 3.05) is 13.6 Å². The van der Waals surface area contributed by atoms with Gasteiger partial charge in [-0.25, -0.2) is 5.48 Å². The Morgan fingerprint density at radius 2 is 1.76 bits per heavy atom. The number of rotatable bonds is 8. The van der Waals surface area contributed by atoms with Crippen LogP contribution in [0.4, 0.5) is 8.78 Å². The fourth-order valence-corrected chi connectivity index (χ4v) is 1.59. The summed E-state index contributed by atoms with van der Waals surface area (Å²) in [7, 11) is 1.33. The van der Waals surface area contributed by atoms with Gasteiger partial charge in [0, 0.05) is 7.05 Å². The summed E-state index contributed by atoms with van der Waals surface area (Å²) in [6.45, 7) is 3.10. The molecule has 0 aliphatic heterocycles. The van der Waals surface area contributed by atoms with E-state index in [0.717, 1.165) is 5.48 Å². The van der Waals surface area contributed by atoms with E-state index in [4.69, 9.17) is 5.21 Å². The number of likely N-dealkylation sites (N-methyl/N-ethyl adjacent to an activating group) is 1. The molecule has 9 heteroatoms. The zero-order valence-electron chi connectivity index (χ0n) is 12.2. The first kappa shape index (κ1) is 19.2. The van der Waals surface area contributed by atoms with E-state index in [1.165, 1.54) is 7.05 Å². The molecule has 122 valence electrons. The molecule has 3 amide bonds. The van der Waals surface area contributed by atoms with Crippen LogP contribution in [0.5, 0.6) is 0 Å². The van der Waals surface area contributed by atoms with E-state index in [9.17, 15) is 23.2 Å². The van der Waals surface area contributed by atoms with Gasteiger partial charge in [0.1, 0.15) is 5.92 Å². The smallest absolute Gasteiger partial charge is 0.338 e. The molecular formula is C12H21F2N3O4. The first-order valence-corrected chi connectivity index (χ1v) is 6.47. The fourth-order valence-electron chi connectivity index (χ4n) is 1.59. The molecule has 0 spiro atoms. The minimum absolute atomic E-state index is 0.0484. The average Bonchev–Trinajstić information content (AvgIpc) is 2.42. The van der Waals surface area contributed by atoms with Crippen LogP contribution in [-0.2, 0) is 14.4 Å². The molecule has 0 unspecified atom stereocenters. The van der Waals surface area contributed by atoms with E-state index in [2.05, 4.69) is 5.32 Å². The van der Waals surface area contributed by atoms with Gasteiger partial charge in [-0.05, 0) is 18.8 Å². The normalized spacial score (nSPS) is 12.7. The Morgan fingerprint density at radius 3 is 2.19 bits per heavy atom. The number of hydrogen-bond acceptors (Lipinski definition) is 4. The Bertz CT molecular complexity index is 389. The van der Waals surface area contributed by atoms with Crippen LogP contribution in [0, 0.1) is 11.8 Å². The van der Waals surface area contributed by atoms with Crippen molar-refractivity contribution in [3.63, 3.8) is 0 Å². The summed E-state index contributed by atoms with van der Waals surface area (Å²) in [6.07, 6.45) is 0.0318. The van der Waals surface area contributed by atoms with Crippen LogP contribution in [0.3, 0.4) is 0 Å². The lowest BCUT2D eigenvalue weighted by Crippen LogP contribution is -2.51. The highest BCUT2D eigenvalue weighted by atomic mass is 19.3. The van der Waals surface area contributed by atoms with Crippen molar-refractivity contribution in [3.05, 3.63) is 0 Å². The van der Waals surface area contributed by atoms with Crippen LogP contribution in [0.25, 0.3) is 0 Å². The van der Waals surface area contributed by atoms with Gasteiger partial charge in [0.15, 0.2) is 0 Å². The molecule has 0 fully saturated rings. The molecule has 0 bridgehead atoms. The number of carbonyl (C=O) groups excluding carboxylic acids is 3. The first-order chi connectivity index (χ1) is 9.66. The molecule has 0 aliphatic rings. The third kappa shape index (κ3) is 6.03. The Labute approximate surface area is 121 Å². The fraction of sp³-hybridized carbons (Fsp3) is 0.750. The molecule has 0 aliphatic carbocycles. The number of nitrogens with one attached hydrogen (secondary N) is 3. The Morgan fingerprint density at radius 1 is 1.19 bits per heavy atom. The summed E-state index contributed by atoms with van der Waals surface area (Å²) in [4.78, 5) is 33.9. The lowest BCUT2D eigenvalue weighted by atomic mass is 9.91. The van der Waals surface area contributed by atoms with Crippen molar-refractivity contribution in [2.45, 2.75) is 32.6 Å². The highest BCUT2D eigenvalue weighted by Gasteiger charge is 2.50. The minimum atomic E-state index is -4.07. The van der Waals surface area contributed by atoms with E-state index < -0.39 is 36.1 Å². The van der Waals surface area contributed by atoms with Crippen molar-refractivity contribution in [3.8, 4) is 0 Å². The van der Waals surface area contributed by atoms with Crippen LogP contribution in [-0.4, -0.2) is 42.4 Å². The molecule has 0 heterocycles. The zero-order chi connectivity index (χ0) is 16.6. The average molecular weight is 309 g/mol. The van der Waals surface area contributed by atoms with Crippen LogP contribution in [0.2, 0.25) is 0 Å². The van der Waals surface area contributed by atoms with Crippen molar-refractivity contribution in [1.29, 1.82) is 0 Å². The molecule has 0 radical (unpaired) electrons. The van der Waals surface area contributed by atoms with Crippen LogP contribution in [0.1, 0.15) is 26.7 Å². The van der Waals surface area contributed by atoms with Gasteiger partial charge in [-0.15, -0.1) is 0 Å². The SMILES string of the molecule is CNC(=O)CNC(=O)[C@H](CCC(C)C)C(F)(F)C(=O)NO. The Hall–Kier alpha value is -1.77. The second kappa shape index (κ2) is 8.50. The van der Waals surface area contributed by atoms with Crippen LogP contribution < -0.4 is 16.1 Å². The summed E-state index contributed by atoms with van der Waals surface area (Å²) in [5.41, 5.74) is 0.856. The van der Waals surface area contributed by atoms with Crippen LogP contribution >= 0.6 is 0 Å². The van der Waals surface area contributed by atoms with Gasteiger partial charge in [-0.1, -0.05) is 13.8 Å². The second-order valence-electron chi connectivity index (χ2n) is 4.98. The third-order valence-electron chi connectivity index (χ3n) is 2.89. The molecule has 0 rings (SSSR count). The Balaban J connectivity index is 4.99. The number of alkyl halides is 2. The third-order valence-corrected chi connectivity index (χ3v) is 2.89. The molecule has 1 atom stereocenters. The van der Waals surface area contributed by atoms with Crippen molar-refractivity contribution < 1.29 is 28.4 Å². The summed E-state index contributed by atoms with van der Waals surface area (Å²) >= 11 is 0. The van der Waals surface area contributed by atoms with Crippen molar-refractivity contribution >= 4 is 17.7 Å². The van der Waals surface area contributed by atoms with E-state index in [-0.39, 0.29) is 18.8 Å². The topological polar surface area (TPSA) is 108 Å². The lowest BCUT2D eigenvalue weighted by Gasteiger charge is -2.24. The van der Waals surface area contributed by atoms with Gasteiger partial charge >= 0.3 is 11.8 Å². The largest absolute Gasteiger partial charge is 0.358 e. The van der Waals surface area contributed by atoms with Crippen LogP contribution in [0.15, 0.2) is 0 Å². The molecule has 21 heavy (non-hydrogen) atoms. The molecule has 4 N–H and O–H groups in total. The van der Waals surface area contributed by atoms with Gasteiger partial charge in [0.2, 0.25) is 11.8 Å². The Kier molecular flexibility index (Phi) is 7.79. The number of hydrogen-bond donors (Lipinski definition) is 4. The second-order valence-corrected chi connectivity index (χ2v) is 4.98. The number of hydroxylamine groups is 1. The van der Waals surface area contributed by atoms with E-state index in [0.29, 0.717) is 0 Å². The molecule has 0 aromatic carbocycles. The maximum atomic E-state index is 13.9. The summed E-state index contributed by atoms with van der Waals surface area (Å²) in [6, 6.07) is 0. The molecular weight excluding hydrogens is 288 g/mol. The van der Waals surface area contributed by atoms with Gasteiger partial charge in [0.25, 0.3) is 0 Å². The number of carbonyl (C=O) groups is 3. The van der Waals surface area contributed by atoms with E-state index in [1.807, 2.05) is 5.32 Å². The lowest BCUT2D eigenvalue weighted by molar-refractivity contribution is -0.168. The molecule has 0 saturated carbocycles. The summed E-state index contributed by atoms with van der Waals surface area (Å²) in [5, 5.41) is 12.6. The molecule has 0 aromatic rings. The van der Waals surface area contributed by atoms with Gasteiger partial charge in [0.05, 0.1) is 6.54 Å². The maximum absolute atomic E-state index is 13.9. The molecule has 0 saturated heterocycles. The first-order valence-electron chi connectivity index (χ1n) is 6.47. The predicted molar refractivity (Wildman–Crippen MR) is 69.5 cm³/mol. The van der Waals surface area contributed by atoms with Crippen molar-refractivity contribution in [1.82, 2.24) is 16.1 Å². The molecule has 0 aromatic heterocycles. The highest BCUT2D eigenvalue weighted by Crippen LogP contribution is 2.30. The quantitative estimate of drug-likeness (QED) is 0.375. The van der Waals surface area contributed by atoms with E-state index in [1.54, 1.807) is 13.8 Å². The predicted octanol–water partition coefficient (Wildman–Crippen LogP) is 0.0417. The standard InChI is InChI=1S/C12H21F2N3O4/c1-7(2)4-5-8(12(13,14)11(20)17-21)10(19)16-6-9(18)15-3/h7-8,21H,4-6H2,1-3H3,(H,15,18)(H,16,19)(H,17,20)/t8-/m0/s1. The number of amides is 3. The molecule has 7 nitrogen and oxygen atoms in total. The monoisotopic (exact) mass is 309 g/mol. The highest BCUT2D eigenvalue weighted by molar-refractivity contribution is 5.92. The van der Waals surface area contributed by atoms with Gasteiger partial charge in [-0.3, -0.25) is 19.6 Å². The summed E-state index contributed by atoms with van der Waals surface area (Å²) in [5.74, 6) is -9.61. The number of halogens is 2. The summed E-state index contributed by atoms with van der Waals surface area (Å²) < 4.78 is 27.7. The van der Waals surface area contributed by atoms with E-state index >= 15 is 0 Å².